The fourth-order valence-corrected chi connectivity index (χ4v) is 5.30. The third kappa shape index (κ3) is 10.3. The van der Waals surface area contributed by atoms with Crippen molar-refractivity contribution in [3.63, 3.8) is 0 Å². The van der Waals surface area contributed by atoms with Crippen LogP contribution < -0.4 is 14.8 Å². The highest BCUT2D eigenvalue weighted by Crippen LogP contribution is 2.34. The van der Waals surface area contributed by atoms with Gasteiger partial charge in [0.1, 0.15) is 24.6 Å². The summed E-state index contributed by atoms with van der Waals surface area (Å²) in [5.41, 5.74) is 2.24. The summed E-state index contributed by atoms with van der Waals surface area (Å²) in [6.07, 6.45) is 5.33. The molecule has 1 heterocycles. The molecule has 0 saturated heterocycles. The third-order valence-electron chi connectivity index (χ3n) is 6.73. The lowest BCUT2D eigenvalue weighted by atomic mass is 9.97. The molecule has 1 aliphatic rings. The Morgan fingerprint density at radius 1 is 1.02 bits per heavy atom. The summed E-state index contributed by atoms with van der Waals surface area (Å²) < 4.78 is 17.0. The molecule has 1 N–H and O–H groups in total. The Labute approximate surface area is 263 Å². The Morgan fingerprint density at radius 3 is 2.30 bits per heavy atom. The van der Waals surface area contributed by atoms with Gasteiger partial charge < -0.3 is 24.4 Å². The van der Waals surface area contributed by atoms with Crippen LogP contribution in [0.3, 0.4) is 0 Å². The van der Waals surface area contributed by atoms with Gasteiger partial charge >= 0.3 is 6.09 Å². The number of nitrogens with zero attached hydrogens (tertiary/aromatic N) is 2. The molecule has 2 aromatic carbocycles. The summed E-state index contributed by atoms with van der Waals surface area (Å²) >= 11 is 12.5. The van der Waals surface area contributed by atoms with Gasteiger partial charge in [0, 0.05) is 31.5 Å². The minimum absolute atomic E-state index is 0.00619. The van der Waals surface area contributed by atoms with Crippen LogP contribution >= 0.6 is 23.2 Å². The lowest BCUT2D eigenvalue weighted by Gasteiger charge is -2.28. The van der Waals surface area contributed by atoms with E-state index in [2.05, 4.69) is 10.3 Å². The van der Waals surface area contributed by atoms with Gasteiger partial charge in [0.25, 0.3) is 0 Å². The van der Waals surface area contributed by atoms with Crippen LogP contribution in [0.15, 0.2) is 60.9 Å². The highest BCUT2D eigenvalue weighted by atomic mass is 35.5. The number of carbonyl (C=O) groups excluding carboxylic acids is 2. The number of aromatic nitrogens is 1. The molecule has 4 rings (SSSR count). The molecule has 230 valence electrons. The van der Waals surface area contributed by atoms with Gasteiger partial charge in [-0.1, -0.05) is 41.4 Å². The molecule has 1 unspecified atom stereocenters. The standard InChI is InChI=1S/C33H39Cl2N3O5/c1-22-16-28(34)30(29(35)17-22)42-15-14-41-27-11-7-23(8-12-27)18-25(20-37-32(40)43-33(2,3)4)31(39)38(26-9-10-26)21-24-6-5-13-36-19-24/h5-8,11-13,16-17,19,25-26H,9-10,14-15,18,20-21H2,1-4H3,(H,37,40). The van der Waals surface area contributed by atoms with E-state index < -0.39 is 17.6 Å². The van der Waals surface area contributed by atoms with E-state index in [4.69, 9.17) is 37.4 Å². The molecule has 0 radical (unpaired) electrons. The number of alkyl carbamates (subject to hydrolysis) is 1. The van der Waals surface area contributed by atoms with E-state index in [0.717, 1.165) is 29.5 Å². The number of hydrogen-bond donors (Lipinski definition) is 1. The lowest BCUT2D eigenvalue weighted by Crippen LogP contribution is -2.44. The van der Waals surface area contributed by atoms with Crippen molar-refractivity contribution >= 4 is 35.2 Å². The molecule has 0 bridgehead atoms. The van der Waals surface area contributed by atoms with E-state index in [0.29, 0.717) is 41.1 Å². The summed E-state index contributed by atoms with van der Waals surface area (Å²) in [7, 11) is 0. The molecule has 1 aliphatic carbocycles. The smallest absolute Gasteiger partial charge is 0.407 e. The number of pyridine rings is 1. The largest absolute Gasteiger partial charge is 0.490 e. The zero-order valence-corrected chi connectivity index (χ0v) is 26.6. The van der Waals surface area contributed by atoms with Crippen molar-refractivity contribution in [3.05, 3.63) is 87.7 Å². The van der Waals surface area contributed by atoms with E-state index in [1.165, 1.54) is 0 Å². The van der Waals surface area contributed by atoms with Gasteiger partial charge in [-0.2, -0.15) is 0 Å². The van der Waals surface area contributed by atoms with Crippen molar-refractivity contribution in [2.24, 2.45) is 5.92 Å². The summed E-state index contributed by atoms with van der Waals surface area (Å²) in [6.45, 7) is 8.53. The van der Waals surface area contributed by atoms with Crippen LogP contribution in [-0.4, -0.2) is 53.3 Å². The molecule has 1 atom stereocenters. The first-order chi connectivity index (χ1) is 20.5. The summed E-state index contributed by atoms with van der Waals surface area (Å²) in [4.78, 5) is 32.5. The topological polar surface area (TPSA) is 90.0 Å². The average Bonchev–Trinajstić information content (AvgIpc) is 3.78. The van der Waals surface area contributed by atoms with Gasteiger partial charge in [-0.3, -0.25) is 9.78 Å². The second kappa shape index (κ2) is 14.8. The number of aryl methyl sites for hydroxylation is 1. The number of hydrogen-bond acceptors (Lipinski definition) is 6. The molecular weight excluding hydrogens is 589 g/mol. The Bertz CT molecular complexity index is 1350. The number of ether oxygens (including phenoxy) is 3. The SMILES string of the molecule is Cc1cc(Cl)c(OCCOc2ccc(CC(CNC(=O)OC(C)(C)C)C(=O)N(Cc3cccnc3)C3CC3)cc2)c(Cl)c1. The average molecular weight is 629 g/mol. The first-order valence-corrected chi connectivity index (χ1v) is 15.2. The Hall–Kier alpha value is -3.49. The van der Waals surface area contributed by atoms with Gasteiger partial charge in [0.2, 0.25) is 5.91 Å². The van der Waals surface area contributed by atoms with Gasteiger partial charge in [-0.05, 0) is 94.0 Å². The number of nitrogens with one attached hydrogen (secondary N) is 1. The number of carbonyl (C=O) groups is 2. The van der Waals surface area contributed by atoms with Crippen molar-refractivity contribution in [3.8, 4) is 11.5 Å². The first-order valence-electron chi connectivity index (χ1n) is 14.4. The van der Waals surface area contributed by atoms with Gasteiger partial charge in [-0.25, -0.2) is 4.79 Å². The maximum Gasteiger partial charge on any atom is 0.407 e. The Kier molecular flexibility index (Phi) is 11.2. The predicted molar refractivity (Wildman–Crippen MR) is 168 cm³/mol. The number of halogens is 2. The first kappa shape index (κ1) is 32.4. The summed E-state index contributed by atoms with van der Waals surface area (Å²) in [5, 5.41) is 3.73. The lowest BCUT2D eigenvalue weighted by molar-refractivity contribution is -0.136. The third-order valence-corrected chi connectivity index (χ3v) is 7.30. The molecule has 8 nitrogen and oxygen atoms in total. The summed E-state index contributed by atoms with van der Waals surface area (Å²) in [6, 6.07) is 15.2. The zero-order chi connectivity index (χ0) is 31.0. The number of rotatable bonds is 13. The van der Waals surface area contributed by atoms with Crippen LogP contribution in [0, 0.1) is 12.8 Å². The van der Waals surface area contributed by atoms with Crippen molar-refractivity contribution in [2.45, 2.75) is 65.1 Å². The number of benzene rings is 2. The van der Waals surface area contributed by atoms with Gasteiger partial charge in [-0.15, -0.1) is 0 Å². The monoisotopic (exact) mass is 627 g/mol. The predicted octanol–water partition coefficient (Wildman–Crippen LogP) is 7.03. The molecule has 0 aliphatic heterocycles. The van der Waals surface area contributed by atoms with Crippen LogP contribution in [0.5, 0.6) is 11.5 Å². The maximum atomic E-state index is 13.9. The van der Waals surface area contributed by atoms with Crippen molar-refractivity contribution < 1.29 is 23.8 Å². The molecule has 2 amide bonds. The van der Waals surface area contributed by atoms with E-state index in [9.17, 15) is 9.59 Å². The van der Waals surface area contributed by atoms with E-state index >= 15 is 0 Å². The van der Waals surface area contributed by atoms with Crippen LogP contribution in [0.2, 0.25) is 10.0 Å². The van der Waals surface area contributed by atoms with Crippen molar-refractivity contribution in [2.75, 3.05) is 19.8 Å². The molecule has 3 aromatic rings. The van der Waals surface area contributed by atoms with E-state index in [1.54, 1.807) is 45.3 Å². The normalized spacial score (nSPS) is 13.6. The minimum atomic E-state index is -0.635. The second-order valence-corrected chi connectivity index (χ2v) is 12.6. The van der Waals surface area contributed by atoms with Crippen LogP contribution in [0.1, 0.15) is 50.3 Å². The Morgan fingerprint density at radius 2 is 1.70 bits per heavy atom. The maximum absolute atomic E-state index is 13.9. The quantitative estimate of drug-likeness (QED) is 0.205. The van der Waals surface area contributed by atoms with Crippen LogP contribution in [-0.2, 0) is 22.5 Å². The molecule has 10 heteroatoms. The molecule has 1 saturated carbocycles. The van der Waals surface area contributed by atoms with Gasteiger partial charge in [0.15, 0.2) is 5.75 Å². The zero-order valence-electron chi connectivity index (χ0n) is 25.1. The number of amides is 2. The molecule has 43 heavy (non-hydrogen) atoms. The fraction of sp³-hybridized carbons (Fsp3) is 0.424. The highest BCUT2D eigenvalue weighted by molar-refractivity contribution is 6.37. The second-order valence-electron chi connectivity index (χ2n) is 11.7. The molecule has 1 aromatic heterocycles. The van der Waals surface area contributed by atoms with Crippen molar-refractivity contribution in [1.82, 2.24) is 15.2 Å². The fourth-order valence-electron chi connectivity index (χ4n) is 4.60. The Balaban J connectivity index is 1.38. The van der Waals surface area contributed by atoms with Crippen molar-refractivity contribution in [1.29, 1.82) is 0 Å². The summed E-state index contributed by atoms with van der Waals surface area (Å²) in [5.74, 6) is 0.619. The van der Waals surface area contributed by atoms with Gasteiger partial charge in [0.05, 0.1) is 16.0 Å². The van der Waals surface area contributed by atoms with Crippen LogP contribution in [0.4, 0.5) is 4.79 Å². The minimum Gasteiger partial charge on any atom is -0.490 e. The molecular formula is C33H39Cl2N3O5. The van der Waals surface area contributed by atoms with Crippen LogP contribution in [0.25, 0.3) is 0 Å². The molecule has 1 fully saturated rings. The van der Waals surface area contributed by atoms with E-state index in [1.807, 2.05) is 48.2 Å². The molecule has 0 spiro atoms. The highest BCUT2D eigenvalue weighted by Gasteiger charge is 2.36. The van der Waals surface area contributed by atoms with E-state index in [-0.39, 0.29) is 25.1 Å².